The second-order valence-electron chi connectivity index (χ2n) is 5.18. The van der Waals surface area contributed by atoms with Gasteiger partial charge in [0, 0.05) is 35.6 Å². The van der Waals surface area contributed by atoms with Crippen LogP contribution in [-0.2, 0) is 6.54 Å². The number of aryl methyl sites for hydroxylation is 1. The number of benzene rings is 1. The monoisotopic (exact) mass is 259 g/mol. The van der Waals surface area contributed by atoms with Crippen molar-refractivity contribution in [1.29, 1.82) is 0 Å². The first-order valence-electron chi connectivity index (χ1n) is 6.55. The fraction of sp³-hybridized carbons (Fsp3) is 0.400. The molecule has 4 heteroatoms. The highest BCUT2D eigenvalue weighted by atomic mass is 16.3. The van der Waals surface area contributed by atoms with E-state index >= 15 is 0 Å². The Kier molecular flexibility index (Phi) is 3.79. The van der Waals surface area contributed by atoms with Crippen LogP contribution in [0.25, 0.3) is 0 Å². The van der Waals surface area contributed by atoms with E-state index in [0.29, 0.717) is 18.3 Å². The normalized spacial score (nSPS) is 11.0. The molecule has 0 radical (unpaired) electrons. The third kappa shape index (κ3) is 2.89. The fourth-order valence-corrected chi connectivity index (χ4v) is 1.98. The predicted molar refractivity (Wildman–Crippen MR) is 77.5 cm³/mol. The maximum atomic E-state index is 9.90. The van der Waals surface area contributed by atoms with Gasteiger partial charge in [0.1, 0.15) is 5.75 Å². The van der Waals surface area contributed by atoms with Crippen LogP contribution < -0.4 is 5.32 Å². The first kappa shape index (κ1) is 13.5. The zero-order valence-corrected chi connectivity index (χ0v) is 11.9. The predicted octanol–water partition coefficient (Wildman–Crippen LogP) is 3.40. The molecule has 0 amide bonds. The molecule has 0 saturated carbocycles. The van der Waals surface area contributed by atoms with Crippen molar-refractivity contribution in [3.05, 3.63) is 41.2 Å². The number of anilines is 1. The number of hydrogen-bond donors (Lipinski definition) is 2. The summed E-state index contributed by atoms with van der Waals surface area (Å²) in [7, 11) is 0. The lowest BCUT2D eigenvalue weighted by Gasteiger charge is -2.11. The highest BCUT2D eigenvalue weighted by Gasteiger charge is 2.07. The number of phenolic OH excluding ortho intramolecular Hbond substituents is 1. The van der Waals surface area contributed by atoms with Gasteiger partial charge in [-0.1, -0.05) is 6.07 Å². The van der Waals surface area contributed by atoms with E-state index in [1.54, 1.807) is 0 Å². The summed E-state index contributed by atoms with van der Waals surface area (Å²) in [6.07, 6.45) is 3.91. The molecule has 19 heavy (non-hydrogen) atoms. The van der Waals surface area contributed by atoms with Crippen LogP contribution in [0.3, 0.4) is 0 Å². The molecule has 2 N–H and O–H groups in total. The van der Waals surface area contributed by atoms with Gasteiger partial charge in [-0.2, -0.15) is 5.10 Å². The fourth-order valence-electron chi connectivity index (χ4n) is 1.98. The molecular formula is C15H21N3O. The van der Waals surface area contributed by atoms with Crippen LogP contribution in [0.1, 0.15) is 36.6 Å². The van der Waals surface area contributed by atoms with Crippen LogP contribution in [0.4, 0.5) is 5.69 Å². The van der Waals surface area contributed by atoms with Gasteiger partial charge in [-0.05, 0) is 39.3 Å². The Balaban J connectivity index is 2.08. The zero-order valence-electron chi connectivity index (χ0n) is 11.9. The van der Waals surface area contributed by atoms with E-state index in [-0.39, 0.29) is 0 Å². The van der Waals surface area contributed by atoms with Crippen LogP contribution in [0.5, 0.6) is 5.75 Å². The minimum absolute atomic E-state index is 0.364. The van der Waals surface area contributed by atoms with Gasteiger partial charge in [0.05, 0.1) is 6.20 Å². The summed E-state index contributed by atoms with van der Waals surface area (Å²) in [5.74, 6) is 0.364. The third-order valence-electron chi connectivity index (χ3n) is 3.30. The Morgan fingerprint density at radius 1 is 1.32 bits per heavy atom. The molecule has 0 spiro atoms. The van der Waals surface area contributed by atoms with Crippen molar-refractivity contribution in [2.75, 3.05) is 5.32 Å². The summed E-state index contributed by atoms with van der Waals surface area (Å²) in [6, 6.07) is 4.29. The molecule has 1 aromatic carbocycles. The second kappa shape index (κ2) is 5.34. The molecule has 2 rings (SSSR count). The lowest BCUT2D eigenvalue weighted by atomic mass is 10.1. The molecule has 0 unspecified atom stereocenters. The van der Waals surface area contributed by atoms with Crippen LogP contribution in [0, 0.1) is 13.8 Å². The van der Waals surface area contributed by atoms with Crippen LogP contribution >= 0.6 is 0 Å². The molecule has 4 nitrogen and oxygen atoms in total. The van der Waals surface area contributed by atoms with Crippen molar-refractivity contribution in [1.82, 2.24) is 9.78 Å². The molecule has 1 heterocycles. The van der Waals surface area contributed by atoms with Gasteiger partial charge < -0.3 is 10.4 Å². The van der Waals surface area contributed by atoms with E-state index in [9.17, 15) is 5.11 Å². The van der Waals surface area contributed by atoms with Gasteiger partial charge >= 0.3 is 0 Å². The summed E-state index contributed by atoms with van der Waals surface area (Å²) in [5, 5.41) is 17.6. The first-order valence-corrected chi connectivity index (χ1v) is 6.55. The number of nitrogens with zero attached hydrogens (tertiary/aromatic N) is 2. The van der Waals surface area contributed by atoms with Gasteiger partial charge in [0.2, 0.25) is 0 Å². The average Bonchev–Trinajstić information content (AvgIpc) is 2.84. The zero-order chi connectivity index (χ0) is 14.0. The Hall–Kier alpha value is -1.97. The molecule has 102 valence electrons. The second-order valence-corrected chi connectivity index (χ2v) is 5.18. The van der Waals surface area contributed by atoms with Crippen LogP contribution in [0.15, 0.2) is 24.5 Å². The van der Waals surface area contributed by atoms with Gasteiger partial charge in [-0.25, -0.2) is 0 Å². The number of hydrogen-bond acceptors (Lipinski definition) is 3. The minimum Gasteiger partial charge on any atom is -0.507 e. The van der Waals surface area contributed by atoms with Crippen molar-refractivity contribution >= 4 is 5.69 Å². The maximum Gasteiger partial charge on any atom is 0.123 e. The molecule has 0 aliphatic carbocycles. The minimum atomic E-state index is 0.364. The molecule has 0 atom stereocenters. The molecule has 0 bridgehead atoms. The van der Waals surface area contributed by atoms with Gasteiger partial charge in [0.25, 0.3) is 0 Å². The molecule has 0 aliphatic rings. The Morgan fingerprint density at radius 2 is 2.05 bits per heavy atom. The first-order chi connectivity index (χ1) is 8.99. The summed E-state index contributed by atoms with van der Waals surface area (Å²) in [4.78, 5) is 0. The molecule has 2 aromatic rings. The van der Waals surface area contributed by atoms with Crippen molar-refractivity contribution in [3.8, 4) is 5.75 Å². The Bertz CT molecular complexity index is 573. The number of rotatable bonds is 4. The van der Waals surface area contributed by atoms with Gasteiger partial charge in [-0.3, -0.25) is 4.68 Å². The molecular weight excluding hydrogens is 238 g/mol. The SMILES string of the molecule is Cc1ccc(NCc2cnn(C(C)C)c2)c(C)c1O. The maximum absolute atomic E-state index is 9.90. The number of nitrogens with one attached hydrogen (secondary N) is 1. The smallest absolute Gasteiger partial charge is 0.123 e. The number of phenols is 1. The standard InChI is InChI=1S/C15H21N3O/c1-10(2)18-9-13(8-17-18)7-16-14-6-5-11(3)15(19)12(14)4/h5-6,8-10,16,19H,7H2,1-4H3. The lowest BCUT2D eigenvalue weighted by Crippen LogP contribution is -2.02. The van der Waals surface area contributed by atoms with Crippen LogP contribution in [-0.4, -0.2) is 14.9 Å². The summed E-state index contributed by atoms with van der Waals surface area (Å²) in [6.45, 7) is 8.73. The quantitative estimate of drug-likeness (QED) is 0.884. The lowest BCUT2D eigenvalue weighted by molar-refractivity contribution is 0.467. The summed E-state index contributed by atoms with van der Waals surface area (Å²) in [5.41, 5.74) is 3.88. The van der Waals surface area contributed by atoms with Crippen LogP contribution in [0.2, 0.25) is 0 Å². The summed E-state index contributed by atoms with van der Waals surface area (Å²) >= 11 is 0. The van der Waals surface area contributed by atoms with E-state index < -0.39 is 0 Å². The molecule has 1 aromatic heterocycles. The number of aromatic nitrogens is 2. The van der Waals surface area contributed by atoms with E-state index in [4.69, 9.17) is 0 Å². The Morgan fingerprint density at radius 3 is 2.68 bits per heavy atom. The highest BCUT2D eigenvalue weighted by molar-refractivity contribution is 5.59. The molecule has 0 aliphatic heterocycles. The highest BCUT2D eigenvalue weighted by Crippen LogP contribution is 2.28. The largest absolute Gasteiger partial charge is 0.507 e. The summed E-state index contributed by atoms with van der Waals surface area (Å²) < 4.78 is 1.94. The van der Waals surface area contributed by atoms with E-state index in [0.717, 1.165) is 22.4 Å². The van der Waals surface area contributed by atoms with Gasteiger partial charge in [-0.15, -0.1) is 0 Å². The van der Waals surface area contributed by atoms with Crippen molar-refractivity contribution in [2.24, 2.45) is 0 Å². The topological polar surface area (TPSA) is 50.1 Å². The van der Waals surface area contributed by atoms with Crippen molar-refractivity contribution in [3.63, 3.8) is 0 Å². The van der Waals surface area contributed by atoms with Crippen molar-refractivity contribution < 1.29 is 5.11 Å². The molecule has 0 saturated heterocycles. The van der Waals surface area contributed by atoms with E-state index in [1.165, 1.54) is 0 Å². The van der Waals surface area contributed by atoms with E-state index in [2.05, 4.69) is 24.3 Å². The molecule has 0 fully saturated rings. The Labute approximate surface area is 114 Å². The third-order valence-corrected chi connectivity index (χ3v) is 3.30. The number of aromatic hydroxyl groups is 1. The van der Waals surface area contributed by atoms with E-state index in [1.807, 2.05) is 43.1 Å². The average molecular weight is 259 g/mol. The van der Waals surface area contributed by atoms with Crippen molar-refractivity contribution in [2.45, 2.75) is 40.3 Å². The van der Waals surface area contributed by atoms with Gasteiger partial charge in [0.15, 0.2) is 0 Å².